The highest BCUT2D eigenvalue weighted by Gasteiger charge is 2.13. The number of benzene rings is 2. The monoisotopic (exact) mass is 390 g/mol. The topological polar surface area (TPSA) is 93.2 Å². The maximum atomic E-state index is 12.7. The number of ether oxygens (including phenoxy) is 1. The highest BCUT2D eigenvalue weighted by Crippen LogP contribution is 2.20. The number of nitrogens with one attached hydrogen (secondary N) is 2. The van der Waals surface area contributed by atoms with Crippen LogP contribution in [0.25, 0.3) is 0 Å². The number of anilines is 3. The lowest BCUT2D eigenvalue weighted by molar-refractivity contribution is 0.0600. The Labute approximate surface area is 169 Å². The van der Waals surface area contributed by atoms with Gasteiger partial charge in [0.1, 0.15) is 17.3 Å². The van der Waals surface area contributed by atoms with Gasteiger partial charge in [-0.3, -0.25) is 4.79 Å². The molecule has 2 aromatic carbocycles. The first-order chi connectivity index (χ1) is 13.8. The first-order valence-electron chi connectivity index (χ1n) is 9.05. The molecule has 3 rings (SSSR count). The molecule has 0 aliphatic heterocycles. The lowest BCUT2D eigenvalue weighted by Gasteiger charge is -2.11. The van der Waals surface area contributed by atoms with E-state index in [1.54, 1.807) is 37.3 Å². The van der Waals surface area contributed by atoms with Gasteiger partial charge in [-0.25, -0.2) is 14.8 Å². The second kappa shape index (κ2) is 8.52. The molecular formula is C22H22N4O3. The van der Waals surface area contributed by atoms with E-state index in [2.05, 4.69) is 26.7 Å². The van der Waals surface area contributed by atoms with Gasteiger partial charge in [0.15, 0.2) is 0 Å². The number of nitrogens with zero attached hydrogens (tertiary/aromatic N) is 2. The van der Waals surface area contributed by atoms with Gasteiger partial charge in [0.25, 0.3) is 5.91 Å². The van der Waals surface area contributed by atoms with Crippen LogP contribution in [0.2, 0.25) is 0 Å². The summed E-state index contributed by atoms with van der Waals surface area (Å²) in [7, 11) is 1.31. The first kappa shape index (κ1) is 20.0. The van der Waals surface area contributed by atoms with Crippen LogP contribution in [0.1, 0.15) is 37.8 Å². The van der Waals surface area contributed by atoms with Gasteiger partial charge in [-0.05, 0) is 62.2 Å². The van der Waals surface area contributed by atoms with Crippen molar-refractivity contribution in [2.24, 2.45) is 0 Å². The number of carbonyl (C=O) groups excluding carboxylic acids is 2. The van der Waals surface area contributed by atoms with Crippen LogP contribution >= 0.6 is 0 Å². The van der Waals surface area contributed by atoms with E-state index in [4.69, 9.17) is 4.74 Å². The van der Waals surface area contributed by atoms with Crippen LogP contribution < -0.4 is 10.6 Å². The summed E-state index contributed by atoms with van der Waals surface area (Å²) in [5, 5.41) is 5.97. The molecule has 1 heterocycles. The minimum absolute atomic E-state index is 0.216. The van der Waals surface area contributed by atoms with Crippen LogP contribution in [0, 0.1) is 20.8 Å². The smallest absolute Gasteiger partial charge is 0.337 e. The lowest BCUT2D eigenvalue weighted by Crippen LogP contribution is -2.16. The van der Waals surface area contributed by atoms with E-state index in [-0.39, 0.29) is 5.69 Å². The number of carbonyl (C=O) groups is 2. The number of hydrogen-bond donors (Lipinski definition) is 2. The molecule has 0 unspecified atom stereocenters. The fraction of sp³-hybridized carbons (Fsp3) is 0.182. The number of rotatable bonds is 5. The molecule has 2 N–H and O–H groups in total. The zero-order valence-corrected chi connectivity index (χ0v) is 16.7. The summed E-state index contributed by atoms with van der Waals surface area (Å²) in [6, 6.07) is 14.2. The van der Waals surface area contributed by atoms with Crippen molar-refractivity contribution in [3.8, 4) is 0 Å². The summed E-state index contributed by atoms with van der Waals surface area (Å²) in [6.07, 6.45) is 0. The highest BCUT2D eigenvalue weighted by molar-refractivity contribution is 6.04. The molecule has 0 aliphatic carbocycles. The molecule has 0 radical (unpaired) electrons. The molecule has 7 heteroatoms. The van der Waals surface area contributed by atoms with E-state index in [0.717, 1.165) is 16.8 Å². The van der Waals surface area contributed by atoms with E-state index in [1.807, 2.05) is 26.0 Å². The molecule has 0 aliphatic rings. The van der Waals surface area contributed by atoms with Crippen molar-refractivity contribution in [2.45, 2.75) is 20.8 Å². The van der Waals surface area contributed by atoms with Gasteiger partial charge in [-0.2, -0.15) is 0 Å². The Kier molecular flexibility index (Phi) is 5.87. The van der Waals surface area contributed by atoms with Gasteiger partial charge in [0.2, 0.25) is 0 Å². The number of esters is 1. The molecule has 1 amide bonds. The van der Waals surface area contributed by atoms with Gasteiger partial charge in [0, 0.05) is 17.4 Å². The molecule has 0 fully saturated rings. The van der Waals surface area contributed by atoms with E-state index in [9.17, 15) is 9.59 Å². The fourth-order valence-electron chi connectivity index (χ4n) is 2.98. The normalized spacial score (nSPS) is 10.3. The minimum Gasteiger partial charge on any atom is -0.465 e. The summed E-state index contributed by atoms with van der Waals surface area (Å²) in [5.41, 5.74) is 4.17. The molecule has 0 saturated carbocycles. The molecule has 7 nitrogen and oxygen atoms in total. The molecular weight excluding hydrogens is 368 g/mol. The Balaban J connectivity index is 1.82. The summed E-state index contributed by atoms with van der Waals surface area (Å²) in [5.74, 6) is 0.115. The van der Waals surface area contributed by atoms with E-state index >= 15 is 0 Å². The predicted molar refractivity (Wildman–Crippen MR) is 112 cm³/mol. The van der Waals surface area contributed by atoms with Gasteiger partial charge in [-0.1, -0.05) is 12.1 Å². The lowest BCUT2D eigenvalue weighted by atomic mass is 10.1. The Bertz CT molecular complexity index is 1060. The van der Waals surface area contributed by atoms with Crippen LogP contribution in [0.3, 0.4) is 0 Å². The van der Waals surface area contributed by atoms with Gasteiger partial charge in [0.05, 0.1) is 12.7 Å². The van der Waals surface area contributed by atoms with Crippen LogP contribution in [0.4, 0.5) is 17.2 Å². The van der Waals surface area contributed by atoms with Crippen LogP contribution in [-0.2, 0) is 4.74 Å². The number of aromatic nitrogens is 2. The summed E-state index contributed by atoms with van der Waals surface area (Å²) >= 11 is 0. The van der Waals surface area contributed by atoms with E-state index in [0.29, 0.717) is 22.9 Å². The number of aryl methyl sites for hydroxylation is 3. The maximum Gasteiger partial charge on any atom is 0.337 e. The van der Waals surface area contributed by atoms with Crippen molar-refractivity contribution in [1.82, 2.24) is 9.97 Å². The number of hydrogen-bond acceptors (Lipinski definition) is 6. The molecule has 3 aromatic rings. The predicted octanol–water partition coefficient (Wildman–Crippen LogP) is 4.18. The maximum absolute atomic E-state index is 12.7. The van der Waals surface area contributed by atoms with Gasteiger partial charge in [-0.15, -0.1) is 0 Å². The molecule has 29 heavy (non-hydrogen) atoms. The van der Waals surface area contributed by atoms with Crippen molar-refractivity contribution >= 4 is 29.1 Å². The van der Waals surface area contributed by atoms with Crippen molar-refractivity contribution in [3.05, 3.63) is 76.7 Å². The zero-order chi connectivity index (χ0) is 21.0. The van der Waals surface area contributed by atoms with Crippen molar-refractivity contribution < 1.29 is 14.3 Å². The molecule has 0 atom stereocenters. The van der Waals surface area contributed by atoms with Crippen molar-refractivity contribution in [1.29, 1.82) is 0 Å². The quantitative estimate of drug-likeness (QED) is 0.635. The average molecular weight is 390 g/mol. The van der Waals surface area contributed by atoms with Gasteiger partial charge < -0.3 is 15.4 Å². The summed E-state index contributed by atoms with van der Waals surface area (Å²) in [4.78, 5) is 32.9. The molecule has 0 saturated heterocycles. The third kappa shape index (κ3) is 5.16. The van der Waals surface area contributed by atoms with Crippen LogP contribution in [-0.4, -0.2) is 29.0 Å². The molecule has 148 valence electrons. The molecule has 0 bridgehead atoms. The standard InChI is InChI=1S/C22H22N4O3/c1-13-8-14(2)10-18(9-13)25-20-12-19(23-15(3)24-20)21(27)26-17-7-5-6-16(11-17)22(28)29-4/h5-12H,1-4H3,(H,26,27)(H,23,24,25). The SMILES string of the molecule is COC(=O)c1cccc(NC(=O)c2cc(Nc3cc(C)cc(C)c3)nc(C)n2)c1. The Morgan fingerprint density at radius 3 is 2.31 bits per heavy atom. The fourth-order valence-corrected chi connectivity index (χ4v) is 2.98. The van der Waals surface area contributed by atoms with E-state index in [1.165, 1.54) is 7.11 Å². The molecule has 0 spiro atoms. The summed E-state index contributed by atoms with van der Waals surface area (Å²) < 4.78 is 4.71. The van der Waals surface area contributed by atoms with Crippen molar-refractivity contribution in [3.63, 3.8) is 0 Å². The number of amides is 1. The largest absolute Gasteiger partial charge is 0.465 e. The Hall–Kier alpha value is -3.74. The third-order valence-corrected chi connectivity index (χ3v) is 4.11. The second-order valence-corrected chi connectivity index (χ2v) is 6.71. The van der Waals surface area contributed by atoms with Gasteiger partial charge >= 0.3 is 5.97 Å². The first-order valence-corrected chi connectivity index (χ1v) is 9.05. The second-order valence-electron chi connectivity index (χ2n) is 6.71. The minimum atomic E-state index is -0.473. The van der Waals surface area contributed by atoms with Crippen LogP contribution in [0.5, 0.6) is 0 Å². The van der Waals surface area contributed by atoms with E-state index < -0.39 is 11.9 Å². The summed E-state index contributed by atoms with van der Waals surface area (Å²) in [6.45, 7) is 5.76. The van der Waals surface area contributed by atoms with Crippen LogP contribution in [0.15, 0.2) is 48.5 Å². The highest BCUT2D eigenvalue weighted by atomic mass is 16.5. The Morgan fingerprint density at radius 2 is 1.62 bits per heavy atom. The van der Waals surface area contributed by atoms with Crippen molar-refractivity contribution in [2.75, 3.05) is 17.7 Å². The third-order valence-electron chi connectivity index (χ3n) is 4.11. The molecule has 1 aromatic heterocycles. The average Bonchev–Trinajstić information content (AvgIpc) is 2.66. The number of methoxy groups -OCH3 is 1. The Morgan fingerprint density at radius 1 is 0.897 bits per heavy atom. The zero-order valence-electron chi connectivity index (χ0n) is 16.7.